The first kappa shape index (κ1) is 4.24. The Kier molecular flexibility index (Phi) is 1.19. The summed E-state index contributed by atoms with van der Waals surface area (Å²) >= 11 is 1.41. The molecule has 1 heterocycles. The molecule has 1 nitrogen and oxygen atoms in total. The zero-order valence-corrected chi connectivity index (χ0v) is 5.99. The SMILES string of the molecule is [Sn+3][c]1ccoc1. The van der Waals surface area contributed by atoms with Gasteiger partial charge in [-0.2, -0.15) is 0 Å². The molecule has 1 aromatic rings. The molecule has 0 N–H and O–H groups in total. The van der Waals surface area contributed by atoms with Gasteiger partial charge in [-0.15, -0.1) is 0 Å². The second-order valence-corrected chi connectivity index (χ2v) is 2.66. The average Bonchev–Trinajstić information content (AvgIpc) is 1.86. The van der Waals surface area contributed by atoms with E-state index in [1.807, 2.05) is 6.07 Å². The molecular weight excluding hydrogens is 183 g/mol. The summed E-state index contributed by atoms with van der Waals surface area (Å²) in [6.07, 6.45) is 3.43. The van der Waals surface area contributed by atoms with E-state index < -0.39 is 0 Å². The van der Waals surface area contributed by atoms with Gasteiger partial charge < -0.3 is 0 Å². The van der Waals surface area contributed by atoms with Crippen LogP contribution in [0.4, 0.5) is 0 Å². The molecule has 0 aliphatic rings. The quantitative estimate of drug-likeness (QED) is 0.522. The first-order valence-electron chi connectivity index (χ1n) is 1.63. The number of hydrogen-bond donors (Lipinski definition) is 0. The van der Waals surface area contributed by atoms with E-state index in [1.54, 1.807) is 12.5 Å². The first-order valence-corrected chi connectivity index (χ1v) is 3.06. The fraction of sp³-hybridized carbons (Fsp3) is 0. The van der Waals surface area contributed by atoms with Gasteiger partial charge in [0.1, 0.15) is 0 Å². The molecule has 0 saturated heterocycles. The fourth-order valence-electron chi connectivity index (χ4n) is 0.264. The van der Waals surface area contributed by atoms with Gasteiger partial charge in [0.2, 0.25) is 0 Å². The van der Waals surface area contributed by atoms with Crippen molar-refractivity contribution in [3.63, 3.8) is 0 Å². The van der Waals surface area contributed by atoms with E-state index in [1.165, 1.54) is 26.1 Å². The molecule has 0 saturated carbocycles. The molecule has 0 aliphatic heterocycles. The molecule has 0 atom stereocenters. The molecule has 0 aliphatic carbocycles. The summed E-state index contributed by atoms with van der Waals surface area (Å²) in [6.45, 7) is 0. The van der Waals surface area contributed by atoms with Gasteiger partial charge in [-0.3, -0.25) is 0 Å². The Balaban J connectivity index is 3.05. The Morgan fingerprint density at radius 2 is 2.50 bits per heavy atom. The molecule has 1 rings (SSSR count). The summed E-state index contributed by atoms with van der Waals surface area (Å²) in [5.41, 5.74) is 0. The van der Waals surface area contributed by atoms with Crippen molar-refractivity contribution in [1.29, 1.82) is 0 Å². The monoisotopic (exact) mass is 187 g/mol. The van der Waals surface area contributed by atoms with Crippen LogP contribution in [0.1, 0.15) is 0 Å². The molecule has 0 radical (unpaired) electrons. The molecule has 0 amide bonds. The topological polar surface area (TPSA) is 13.1 Å². The zero-order chi connectivity index (χ0) is 4.41. The molecule has 2 heteroatoms. The Morgan fingerprint density at radius 3 is 2.67 bits per heavy atom. The van der Waals surface area contributed by atoms with Crippen molar-refractivity contribution in [2.24, 2.45) is 0 Å². The van der Waals surface area contributed by atoms with Crippen LogP contribution in [0.15, 0.2) is 23.0 Å². The molecule has 0 bridgehead atoms. The standard InChI is InChI=1S/C4H3O.Sn/c1-2-4-5-3-1;/h1,3-4H;/q;+3. The molecule has 0 unspecified atom stereocenters. The van der Waals surface area contributed by atoms with E-state index in [0.717, 1.165) is 0 Å². The van der Waals surface area contributed by atoms with Crippen molar-refractivity contribution in [2.75, 3.05) is 0 Å². The van der Waals surface area contributed by atoms with Gasteiger partial charge in [0.15, 0.2) is 0 Å². The van der Waals surface area contributed by atoms with Gasteiger partial charge in [0.25, 0.3) is 0 Å². The normalized spacial score (nSPS) is 9.00. The molecule has 26 valence electrons. The van der Waals surface area contributed by atoms with E-state index in [0.29, 0.717) is 0 Å². The second-order valence-electron chi connectivity index (χ2n) is 1.01. The molecule has 0 aromatic carbocycles. The third-order valence-corrected chi connectivity index (χ3v) is 1.33. The van der Waals surface area contributed by atoms with E-state index in [2.05, 4.69) is 0 Å². The van der Waals surface area contributed by atoms with Gasteiger partial charge in [-0.05, 0) is 0 Å². The number of hydrogen-bond acceptors (Lipinski definition) is 1. The van der Waals surface area contributed by atoms with Crippen LogP contribution in [0.25, 0.3) is 0 Å². The Hall–Kier alpha value is 0.0787. The van der Waals surface area contributed by atoms with Crippen LogP contribution in [0.5, 0.6) is 0 Å². The van der Waals surface area contributed by atoms with Gasteiger partial charge in [0, 0.05) is 0 Å². The number of furan rings is 1. The van der Waals surface area contributed by atoms with E-state index in [9.17, 15) is 0 Å². The van der Waals surface area contributed by atoms with Crippen LogP contribution >= 0.6 is 0 Å². The third-order valence-electron chi connectivity index (χ3n) is 0.521. The van der Waals surface area contributed by atoms with E-state index in [-0.39, 0.29) is 0 Å². The summed E-state index contributed by atoms with van der Waals surface area (Å²) in [6, 6.07) is 1.96. The molecule has 1 aromatic heterocycles. The minimum absolute atomic E-state index is 1.27. The Bertz CT molecular complexity index is 111. The predicted octanol–water partition coefficient (Wildman–Crippen LogP) is 0.0734. The fourth-order valence-corrected chi connectivity index (χ4v) is 0.653. The van der Waals surface area contributed by atoms with Crippen LogP contribution < -0.4 is 3.58 Å². The zero-order valence-electron chi connectivity index (χ0n) is 3.14. The van der Waals surface area contributed by atoms with Crippen LogP contribution in [0.2, 0.25) is 0 Å². The minimum atomic E-state index is 1.27. The van der Waals surface area contributed by atoms with Gasteiger partial charge in [-0.25, -0.2) is 0 Å². The summed E-state index contributed by atoms with van der Waals surface area (Å²) in [7, 11) is 0. The van der Waals surface area contributed by atoms with E-state index in [4.69, 9.17) is 4.42 Å². The van der Waals surface area contributed by atoms with Crippen LogP contribution in [0.3, 0.4) is 0 Å². The summed E-state index contributed by atoms with van der Waals surface area (Å²) in [5.74, 6) is 0. The van der Waals surface area contributed by atoms with Crippen molar-refractivity contribution < 1.29 is 4.42 Å². The molecule has 6 heavy (non-hydrogen) atoms. The molecular formula is C4H3OSn+3. The van der Waals surface area contributed by atoms with Crippen molar-refractivity contribution in [1.82, 2.24) is 0 Å². The Labute approximate surface area is 49.4 Å². The number of rotatable bonds is 0. The Morgan fingerprint density at radius 1 is 1.67 bits per heavy atom. The summed E-state index contributed by atoms with van der Waals surface area (Å²) in [5, 5.41) is 0. The van der Waals surface area contributed by atoms with Crippen LogP contribution in [-0.4, -0.2) is 22.5 Å². The summed E-state index contributed by atoms with van der Waals surface area (Å²) in [4.78, 5) is 0. The second kappa shape index (κ2) is 1.69. The van der Waals surface area contributed by atoms with Crippen LogP contribution in [-0.2, 0) is 0 Å². The van der Waals surface area contributed by atoms with Crippen molar-refractivity contribution in [2.45, 2.75) is 0 Å². The molecule has 0 spiro atoms. The average molecular weight is 186 g/mol. The summed E-state index contributed by atoms with van der Waals surface area (Å²) < 4.78 is 6.00. The van der Waals surface area contributed by atoms with Crippen LogP contribution in [0, 0.1) is 0 Å². The van der Waals surface area contributed by atoms with Crippen molar-refractivity contribution in [3.05, 3.63) is 18.6 Å². The first-order chi connectivity index (χ1) is 2.89. The maximum absolute atomic E-state index is 4.74. The van der Waals surface area contributed by atoms with Gasteiger partial charge >= 0.3 is 49.1 Å². The van der Waals surface area contributed by atoms with E-state index >= 15 is 0 Å². The predicted molar refractivity (Wildman–Crippen MR) is 24.1 cm³/mol. The maximum atomic E-state index is 4.74. The third kappa shape index (κ3) is 0.772. The van der Waals surface area contributed by atoms with Gasteiger partial charge in [0.05, 0.1) is 0 Å². The van der Waals surface area contributed by atoms with Crippen molar-refractivity contribution >= 4 is 26.1 Å². The molecule has 0 fully saturated rings. The van der Waals surface area contributed by atoms with Gasteiger partial charge in [-0.1, -0.05) is 0 Å². The van der Waals surface area contributed by atoms with Crippen molar-refractivity contribution in [3.8, 4) is 0 Å².